The number of esters is 2. The first-order valence-electron chi connectivity index (χ1n) is 7.77. The summed E-state index contributed by atoms with van der Waals surface area (Å²) in [7, 11) is 2.40. The van der Waals surface area contributed by atoms with Gasteiger partial charge < -0.3 is 14.2 Å². The fourth-order valence-electron chi connectivity index (χ4n) is 3.12. The van der Waals surface area contributed by atoms with Gasteiger partial charge in [0.2, 0.25) is 0 Å². The molecule has 0 aliphatic carbocycles. The number of carbonyl (C=O) groups excluding carboxylic acids is 2. The maximum Gasteiger partial charge on any atom is 0.387 e. The van der Waals surface area contributed by atoms with E-state index in [1.54, 1.807) is 19.9 Å². The summed E-state index contributed by atoms with van der Waals surface area (Å²) in [4.78, 5) is 29.0. The predicted molar refractivity (Wildman–Crippen MR) is 89.1 cm³/mol. The van der Waals surface area contributed by atoms with Gasteiger partial charge in [-0.15, -0.1) is 0 Å². The normalized spacial score (nSPS) is 19.9. The largest absolute Gasteiger partial charge is 0.468 e. The van der Waals surface area contributed by atoms with Crippen molar-refractivity contribution < 1.29 is 32.6 Å². The number of nitrogens with zero attached hydrogens (tertiary/aromatic N) is 1. The number of methoxy groups -OCH3 is 2. The molecule has 0 amide bonds. The average Bonchev–Trinajstić information content (AvgIpc) is 2.60. The fraction of sp³-hybridized carbons (Fsp3) is 0.389. The Morgan fingerprint density at radius 1 is 1.12 bits per heavy atom. The number of para-hydroxylation sites is 1. The Bertz CT molecular complexity index is 773. The van der Waals surface area contributed by atoms with E-state index in [-0.39, 0.29) is 16.9 Å². The molecule has 1 aromatic carbocycles. The highest BCUT2D eigenvalue weighted by Crippen LogP contribution is 2.43. The first-order valence-corrected chi connectivity index (χ1v) is 7.77. The molecular formula is C18H19F2NO5. The number of hydrogen-bond donors (Lipinski definition) is 0. The van der Waals surface area contributed by atoms with Crippen LogP contribution in [-0.2, 0) is 19.1 Å². The van der Waals surface area contributed by atoms with Gasteiger partial charge in [0, 0.05) is 22.9 Å². The number of hydrogen-bond acceptors (Lipinski definition) is 6. The van der Waals surface area contributed by atoms with E-state index in [9.17, 15) is 18.4 Å². The molecule has 0 radical (unpaired) electrons. The fourth-order valence-corrected chi connectivity index (χ4v) is 3.12. The van der Waals surface area contributed by atoms with E-state index < -0.39 is 30.4 Å². The lowest BCUT2D eigenvalue weighted by Crippen LogP contribution is -2.36. The monoisotopic (exact) mass is 367 g/mol. The molecule has 26 heavy (non-hydrogen) atoms. The van der Waals surface area contributed by atoms with Crippen LogP contribution in [0.1, 0.15) is 25.3 Å². The van der Waals surface area contributed by atoms with Crippen LogP contribution < -0.4 is 4.74 Å². The van der Waals surface area contributed by atoms with E-state index in [0.29, 0.717) is 11.4 Å². The van der Waals surface area contributed by atoms with E-state index in [1.165, 1.54) is 32.4 Å². The Balaban J connectivity index is 2.71. The Hall–Kier alpha value is -2.77. The summed E-state index contributed by atoms with van der Waals surface area (Å²) in [5.41, 5.74) is 1.08. The third kappa shape index (κ3) is 3.74. The number of allylic oxidation sites excluding steroid dienone is 1. The number of carbonyl (C=O) groups is 2. The van der Waals surface area contributed by atoms with E-state index in [1.807, 2.05) is 0 Å². The van der Waals surface area contributed by atoms with Gasteiger partial charge in [0.05, 0.1) is 19.8 Å². The van der Waals surface area contributed by atoms with Crippen molar-refractivity contribution in [3.8, 4) is 5.75 Å². The van der Waals surface area contributed by atoms with Gasteiger partial charge in [0.25, 0.3) is 0 Å². The van der Waals surface area contributed by atoms with Crippen LogP contribution in [0.5, 0.6) is 5.75 Å². The van der Waals surface area contributed by atoms with Crippen molar-refractivity contribution >= 4 is 17.7 Å². The van der Waals surface area contributed by atoms with E-state index in [0.717, 1.165) is 0 Å². The molecule has 1 heterocycles. The van der Waals surface area contributed by atoms with Crippen LogP contribution >= 0.6 is 0 Å². The molecule has 0 N–H and O–H groups in total. The van der Waals surface area contributed by atoms with Crippen molar-refractivity contribution in [2.75, 3.05) is 14.2 Å². The van der Waals surface area contributed by atoms with Crippen molar-refractivity contribution in [2.45, 2.75) is 26.4 Å². The van der Waals surface area contributed by atoms with Gasteiger partial charge in [0.1, 0.15) is 11.7 Å². The molecule has 0 saturated heterocycles. The predicted octanol–water partition coefficient (Wildman–Crippen LogP) is 3.08. The molecular weight excluding hydrogens is 348 g/mol. The van der Waals surface area contributed by atoms with Gasteiger partial charge in [-0.05, 0) is 19.9 Å². The lowest BCUT2D eigenvalue weighted by molar-refractivity contribution is -0.143. The highest BCUT2D eigenvalue weighted by Gasteiger charge is 2.43. The van der Waals surface area contributed by atoms with Gasteiger partial charge >= 0.3 is 18.6 Å². The molecule has 0 saturated carbocycles. The van der Waals surface area contributed by atoms with Crippen molar-refractivity contribution in [1.82, 2.24) is 0 Å². The maximum atomic E-state index is 12.8. The summed E-state index contributed by atoms with van der Waals surface area (Å²) >= 11 is 0. The Morgan fingerprint density at radius 2 is 1.77 bits per heavy atom. The second kappa shape index (κ2) is 8.07. The summed E-state index contributed by atoms with van der Waals surface area (Å²) < 4.78 is 39.9. The van der Waals surface area contributed by atoms with Gasteiger partial charge in [0.15, 0.2) is 0 Å². The molecule has 2 atom stereocenters. The number of benzene rings is 1. The summed E-state index contributed by atoms with van der Waals surface area (Å²) in [6.07, 6.45) is 0. The topological polar surface area (TPSA) is 74.2 Å². The Labute approximate surface area is 149 Å². The summed E-state index contributed by atoms with van der Waals surface area (Å²) in [5, 5.41) is 0. The first kappa shape index (κ1) is 19.6. The lowest BCUT2D eigenvalue weighted by atomic mass is 9.75. The average molecular weight is 367 g/mol. The summed E-state index contributed by atoms with van der Waals surface area (Å²) in [5.74, 6) is -3.38. The van der Waals surface area contributed by atoms with E-state index >= 15 is 0 Å². The second-order valence-electron chi connectivity index (χ2n) is 5.64. The Morgan fingerprint density at radius 3 is 2.35 bits per heavy atom. The number of ether oxygens (including phenoxy) is 3. The zero-order valence-corrected chi connectivity index (χ0v) is 14.8. The van der Waals surface area contributed by atoms with Crippen LogP contribution in [0.3, 0.4) is 0 Å². The zero-order chi connectivity index (χ0) is 19.4. The standard InChI is InChI=1S/C18H19F2NO5/c1-9-13(16(22)24-3)15(14(10(2)21-9)17(23)25-4)11-7-5-6-8-12(11)26-18(19)20/h5-8,13,15,18H,1-4H3/t13?,15-/m1/s1. The molecule has 2 rings (SSSR count). The minimum Gasteiger partial charge on any atom is -0.468 e. The highest BCUT2D eigenvalue weighted by molar-refractivity contribution is 6.07. The third-order valence-corrected chi connectivity index (χ3v) is 4.16. The van der Waals surface area contributed by atoms with Gasteiger partial charge in [-0.1, -0.05) is 18.2 Å². The zero-order valence-electron chi connectivity index (χ0n) is 14.8. The molecule has 1 unspecified atom stereocenters. The molecule has 1 aliphatic heterocycles. The molecule has 6 nitrogen and oxygen atoms in total. The third-order valence-electron chi connectivity index (χ3n) is 4.16. The smallest absolute Gasteiger partial charge is 0.387 e. The molecule has 0 fully saturated rings. The maximum absolute atomic E-state index is 12.8. The van der Waals surface area contributed by atoms with Crippen LogP contribution in [0.25, 0.3) is 0 Å². The number of halogens is 2. The minimum absolute atomic E-state index is 0.0961. The van der Waals surface area contributed by atoms with Crippen molar-refractivity contribution in [1.29, 1.82) is 0 Å². The van der Waals surface area contributed by atoms with Crippen LogP contribution in [0, 0.1) is 5.92 Å². The van der Waals surface area contributed by atoms with Gasteiger partial charge in [-0.2, -0.15) is 8.78 Å². The van der Waals surface area contributed by atoms with Crippen molar-refractivity contribution in [3.63, 3.8) is 0 Å². The lowest BCUT2D eigenvalue weighted by Gasteiger charge is -2.31. The van der Waals surface area contributed by atoms with Crippen LogP contribution in [0.4, 0.5) is 8.78 Å². The quantitative estimate of drug-likeness (QED) is 0.748. The molecule has 0 aromatic heterocycles. The summed E-state index contributed by atoms with van der Waals surface area (Å²) in [6.45, 7) is 0.146. The molecule has 0 bridgehead atoms. The van der Waals surface area contributed by atoms with Crippen molar-refractivity contribution in [2.24, 2.45) is 10.9 Å². The first-order chi connectivity index (χ1) is 12.3. The number of rotatable bonds is 5. The van der Waals surface area contributed by atoms with Crippen LogP contribution in [0.15, 0.2) is 40.5 Å². The Kier molecular flexibility index (Phi) is 6.07. The highest BCUT2D eigenvalue weighted by atomic mass is 19.3. The molecule has 1 aromatic rings. The van der Waals surface area contributed by atoms with E-state index in [2.05, 4.69) is 9.73 Å². The van der Waals surface area contributed by atoms with Crippen molar-refractivity contribution in [3.05, 3.63) is 41.1 Å². The SMILES string of the molecule is COC(=O)C1=C(C)N=C(C)C(C(=O)OC)[C@H]1c1ccccc1OC(F)F. The summed E-state index contributed by atoms with van der Waals surface area (Å²) in [6, 6.07) is 5.99. The number of alkyl halides is 2. The molecule has 140 valence electrons. The molecule has 8 heteroatoms. The second-order valence-corrected chi connectivity index (χ2v) is 5.64. The van der Waals surface area contributed by atoms with Gasteiger partial charge in [-0.25, -0.2) is 4.79 Å². The van der Waals surface area contributed by atoms with Crippen LogP contribution in [-0.4, -0.2) is 38.5 Å². The molecule has 0 spiro atoms. The molecule has 1 aliphatic rings. The van der Waals surface area contributed by atoms with E-state index in [4.69, 9.17) is 9.47 Å². The minimum atomic E-state index is -3.06. The number of aliphatic imine (C=N–C) groups is 1. The van der Waals surface area contributed by atoms with Crippen LogP contribution in [0.2, 0.25) is 0 Å². The van der Waals surface area contributed by atoms with Gasteiger partial charge in [-0.3, -0.25) is 9.79 Å².